The summed E-state index contributed by atoms with van der Waals surface area (Å²) in [5.41, 5.74) is 0.548. The topological polar surface area (TPSA) is 67.8 Å². The van der Waals surface area contributed by atoms with E-state index < -0.39 is 0 Å². The average Bonchev–Trinajstić information content (AvgIpc) is 2.37. The summed E-state index contributed by atoms with van der Waals surface area (Å²) in [5, 5.41) is 12.1. The van der Waals surface area contributed by atoms with Crippen LogP contribution in [0.4, 0.5) is 0 Å². The third kappa shape index (κ3) is 4.52. The molecule has 0 atom stereocenters. The molecule has 0 heterocycles. The molecule has 5 nitrogen and oxygen atoms in total. The Kier molecular flexibility index (Phi) is 6.49. The number of rotatable bonds is 7. The van der Waals surface area contributed by atoms with Crippen molar-refractivity contribution in [2.75, 3.05) is 26.9 Å². The number of ether oxygens (including phenoxy) is 2. The van der Waals surface area contributed by atoms with Crippen molar-refractivity contribution in [2.45, 2.75) is 6.61 Å². The minimum atomic E-state index is -0.268. The van der Waals surface area contributed by atoms with Crippen molar-refractivity contribution in [2.24, 2.45) is 0 Å². The first-order valence-electron chi connectivity index (χ1n) is 5.45. The van der Waals surface area contributed by atoms with Gasteiger partial charge >= 0.3 is 0 Å². The SMILES string of the molecule is COCCNC(=O)COc1c(Cl)cccc1CO. The second-order valence-electron chi connectivity index (χ2n) is 3.52. The molecular weight excluding hydrogens is 258 g/mol. The molecule has 0 aliphatic carbocycles. The summed E-state index contributed by atoms with van der Waals surface area (Å²) >= 11 is 5.93. The number of carbonyl (C=O) groups excluding carboxylic acids is 1. The summed E-state index contributed by atoms with van der Waals surface area (Å²) in [6.07, 6.45) is 0. The maximum absolute atomic E-state index is 11.4. The normalized spacial score (nSPS) is 10.2. The molecule has 6 heteroatoms. The van der Waals surface area contributed by atoms with Gasteiger partial charge in [0.2, 0.25) is 0 Å². The van der Waals surface area contributed by atoms with E-state index in [4.69, 9.17) is 26.2 Å². The maximum Gasteiger partial charge on any atom is 0.258 e. The summed E-state index contributed by atoms with van der Waals surface area (Å²) in [6.45, 7) is 0.523. The number of hydrogen-bond donors (Lipinski definition) is 2. The number of carbonyl (C=O) groups is 1. The quantitative estimate of drug-likeness (QED) is 0.727. The fourth-order valence-electron chi connectivity index (χ4n) is 1.32. The van der Waals surface area contributed by atoms with Crippen molar-refractivity contribution in [3.05, 3.63) is 28.8 Å². The van der Waals surface area contributed by atoms with E-state index in [1.54, 1.807) is 25.3 Å². The van der Waals surface area contributed by atoms with Gasteiger partial charge in [-0.05, 0) is 6.07 Å². The highest BCUT2D eigenvalue weighted by Crippen LogP contribution is 2.28. The van der Waals surface area contributed by atoms with Crippen LogP contribution in [0, 0.1) is 0 Å². The molecule has 0 fully saturated rings. The van der Waals surface area contributed by atoms with Crippen molar-refractivity contribution < 1.29 is 19.4 Å². The Balaban J connectivity index is 2.50. The molecule has 0 spiro atoms. The van der Waals surface area contributed by atoms with Crippen LogP contribution in [0.5, 0.6) is 5.75 Å². The molecule has 0 aliphatic rings. The molecule has 0 saturated carbocycles. The summed E-state index contributed by atoms with van der Waals surface area (Å²) < 4.78 is 10.1. The van der Waals surface area contributed by atoms with Crippen LogP contribution in [0.3, 0.4) is 0 Å². The van der Waals surface area contributed by atoms with Crippen LogP contribution in [-0.2, 0) is 16.1 Å². The molecule has 0 bridgehead atoms. The van der Waals surface area contributed by atoms with Gasteiger partial charge in [-0.25, -0.2) is 0 Å². The van der Waals surface area contributed by atoms with Gasteiger partial charge < -0.3 is 19.9 Å². The Bertz CT molecular complexity index is 398. The molecular formula is C12H16ClNO4. The van der Waals surface area contributed by atoms with Crippen molar-refractivity contribution in [1.82, 2.24) is 5.32 Å². The molecule has 0 aromatic heterocycles. The highest BCUT2D eigenvalue weighted by molar-refractivity contribution is 6.32. The standard InChI is InChI=1S/C12H16ClNO4/c1-17-6-5-14-11(16)8-18-12-9(7-15)3-2-4-10(12)13/h2-4,15H,5-8H2,1H3,(H,14,16). The van der Waals surface area contributed by atoms with Gasteiger partial charge in [0.1, 0.15) is 5.75 Å². The van der Waals surface area contributed by atoms with Crippen molar-refractivity contribution >= 4 is 17.5 Å². The van der Waals surface area contributed by atoms with E-state index in [9.17, 15) is 4.79 Å². The molecule has 0 radical (unpaired) electrons. The number of benzene rings is 1. The van der Waals surface area contributed by atoms with Crippen LogP contribution in [-0.4, -0.2) is 37.9 Å². The van der Waals surface area contributed by atoms with E-state index in [0.29, 0.717) is 29.5 Å². The first kappa shape index (κ1) is 14.8. The first-order valence-corrected chi connectivity index (χ1v) is 5.83. The van der Waals surface area contributed by atoms with Crippen LogP contribution in [0.2, 0.25) is 5.02 Å². The number of aliphatic hydroxyl groups excluding tert-OH is 1. The van der Waals surface area contributed by atoms with Gasteiger partial charge in [-0.15, -0.1) is 0 Å². The number of nitrogens with one attached hydrogen (secondary N) is 1. The molecule has 0 unspecified atom stereocenters. The average molecular weight is 274 g/mol. The number of hydrogen-bond acceptors (Lipinski definition) is 4. The van der Waals surface area contributed by atoms with Crippen LogP contribution in [0.15, 0.2) is 18.2 Å². The maximum atomic E-state index is 11.4. The number of amides is 1. The zero-order valence-corrected chi connectivity index (χ0v) is 10.9. The van der Waals surface area contributed by atoms with E-state index in [1.165, 1.54) is 0 Å². The second kappa shape index (κ2) is 7.92. The third-order valence-corrected chi connectivity index (χ3v) is 2.49. The zero-order chi connectivity index (χ0) is 13.4. The lowest BCUT2D eigenvalue weighted by Crippen LogP contribution is -2.31. The summed E-state index contributed by atoms with van der Waals surface area (Å²) in [4.78, 5) is 11.4. The molecule has 1 aromatic rings. The van der Waals surface area contributed by atoms with Crippen LogP contribution < -0.4 is 10.1 Å². The van der Waals surface area contributed by atoms with E-state index in [2.05, 4.69) is 5.32 Å². The predicted molar refractivity (Wildman–Crippen MR) is 67.8 cm³/mol. The smallest absolute Gasteiger partial charge is 0.258 e. The molecule has 100 valence electrons. The second-order valence-corrected chi connectivity index (χ2v) is 3.92. The molecule has 1 aromatic carbocycles. The molecule has 0 saturated heterocycles. The fraction of sp³-hybridized carbons (Fsp3) is 0.417. The fourth-order valence-corrected chi connectivity index (χ4v) is 1.57. The van der Waals surface area contributed by atoms with E-state index in [1.807, 2.05) is 0 Å². The van der Waals surface area contributed by atoms with Crippen LogP contribution >= 0.6 is 11.6 Å². The lowest BCUT2D eigenvalue weighted by atomic mass is 10.2. The lowest BCUT2D eigenvalue weighted by Gasteiger charge is -2.11. The molecule has 18 heavy (non-hydrogen) atoms. The Hall–Kier alpha value is -1.30. The highest BCUT2D eigenvalue weighted by Gasteiger charge is 2.09. The molecule has 1 rings (SSSR count). The van der Waals surface area contributed by atoms with E-state index in [0.717, 1.165) is 0 Å². The van der Waals surface area contributed by atoms with Crippen molar-refractivity contribution in [3.63, 3.8) is 0 Å². The Morgan fingerprint density at radius 3 is 2.94 bits per heavy atom. The van der Waals surface area contributed by atoms with Gasteiger partial charge in [0.25, 0.3) is 5.91 Å². The highest BCUT2D eigenvalue weighted by atomic mass is 35.5. The lowest BCUT2D eigenvalue weighted by molar-refractivity contribution is -0.123. The van der Waals surface area contributed by atoms with Gasteiger partial charge in [0.15, 0.2) is 6.61 Å². The Morgan fingerprint density at radius 1 is 1.50 bits per heavy atom. The summed E-state index contributed by atoms with van der Waals surface area (Å²) in [5.74, 6) is 0.0689. The molecule has 2 N–H and O–H groups in total. The zero-order valence-electron chi connectivity index (χ0n) is 10.1. The van der Waals surface area contributed by atoms with Crippen molar-refractivity contribution in [1.29, 1.82) is 0 Å². The number of para-hydroxylation sites is 1. The first-order chi connectivity index (χ1) is 8.69. The number of halogens is 1. The van der Waals surface area contributed by atoms with Gasteiger partial charge in [-0.3, -0.25) is 4.79 Å². The molecule has 1 amide bonds. The van der Waals surface area contributed by atoms with Gasteiger partial charge in [-0.1, -0.05) is 23.7 Å². The Morgan fingerprint density at radius 2 is 2.28 bits per heavy atom. The van der Waals surface area contributed by atoms with Crippen LogP contribution in [0.1, 0.15) is 5.56 Å². The van der Waals surface area contributed by atoms with Crippen LogP contribution in [0.25, 0.3) is 0 Å². The minimum Gasteiger partial charge on any atom is -0.482 e. The minimum absolute atomic E-state index is 0.152. The largest absolute Gasteiger partial charge is 0.482 e. The summed E-state index contributed by atoms with van der Waals surface area (Å²) in [6, 6.07) is 5.03. The number of methoxy groups -OCH3 is 1. The summed E-state index contributed by atoms with van der Waals surface area (Å²) in [7, 11) is 1.56. The number of aliphatic hydroxyl groups is 1. The van der Waals surface area contributed by atoms with E-state index >= 15 is 0 Å². The van der Waals surface area contributed by atoms with Crippen molar-refractivity contribution in [3.8, 4) is 5.75 Å². The predicted octanol–water partition coefficient (Wildman–Crippen LogP) is 0.974. The van der Waals surface area contributed by atoms with Gasteiger partial charge in [0.05, 0.1) is 18.2 Å². The Labute approximate surface area is 111 Å². The van der Waals surface area contributed by atoms with Gasteiger partial charge in [0, 0.05) is 19.2 Å². The molecule has 0 aliphatic heterocycles. The monoisotopic (exact) mass is 273 g/mol. The van der Waals surface area contributed by atoms with E-state index in [-0.39, 0.29) is 19.1 Å². The third-order valence-electron chi connectivity index (χ3n) is 2.19. The van der Waals surface area contributed by atoms with Gasteiger partial charge in [-0.2, -0.15) is 0 Å².